The van der Waals surface area contributed by atoms with Crippen molar-refractivity contribution >= 4 is 51.5 Å². The lowest BCUT2D eigenvalue weighted by atomic mass is 10.2. The maximum atomic E-state index is 12.0. The van der Waals surface area contributed by atoms with Gasteiger partial charge in [-0.15, -0.1) is 0 Å². The van der Waals surface area contributed by atoms with E-state index in [2.05, 4.69) is 27.9 Å². The van der Waals surface area contributed by atoms with Gasteiger partial charge in [0.2, 0.25) is 0 Å². The number of nitro groups is 1. The number of amides is 1. The Hall–Kier alpha value is -1.67. The van der Waals surface area contributed by atoms with E-state index in [0.29, 0.717) is 11.3 Å². The number of nitro benzene ring substituents is 1. The summed E-state index contributed by atoms with van der Waals surface area (Å²) in [6.07, 6.45) is 0. The molecule has 0 radical (unpaired) electrons. The minimum Gasteiger partial charge on any atom is -0.321 e. The van der Waals surface area contributed by atoms with E-state index in [1.54, 1.807) is 12.1 Å². The van der Waals surface area contributed by atoms with Gasteiger partial charge in [-0.1, -0.05) is 11.6 Å². The van der Waals surface area contributed by atoms with Crippen LogP contribution in [0.15, 0.2) is 42.5 Å². The summed E-state index contributed by atoms with van der Waals surface area (Å²) in [5.41, 5.74) is 0.697. The van der Waals surface area contributed by atoms with Crippen LogP contribution >= 0.6 is 34.2 Å². The number of carbonyl (C=O) groups excluding carboxylic acids is 1. The maximum Gasteiger partial charge on any atom is 0.271 e. The van der Waals surface area contributed by atoms with Crippen molar-refractivity contribution in [3.8, 4) is 0 Å². The number of nitrogens with one attached hydrogen (secondary N) is 1. The molecule has 0 aliphatic rings. The van der Waals surface area contributed by atoms with Gasteiger partial charge in [0.05, 0.1) is 15.6 Å². The Bertz CT molecular complexity index is 674. The summed E-state index contributed by atoms with van der Waals surface area (Å²) in [6.45, 7) is 0. The first-order chi connectivity index (χ1) is 9.47. The van der Waals surface area contributed by atoms with Crippen molar-refractivity contribution in [2.24, 2.45) is 0 Å². The van der Waals surface area contributed by atoms with E-state index in [-0.39, 0.29) is 16.6 Å². The monoisotopic (exact) mass is 402 g/mol. The van der Waals surface area contributed by atoms with Crippen LogP contribution in [0.25, 0.3) is 0 Å². The fourth-order valence-corrected chi connectivity index (χ4v) is 2.10. The van der Waals surface area contributed by atoms with Gasteiger partial charge in [-0.2, -0.15) is 0 Å². The van der Waals surface area contributed by atoms with Crippen LogP contribution in [0.1, 0.15) is 10.4 Å². The molecule has 1 amide bonds. The molecule has 0 spiro atoms. The molecule has 0 saturated heterocycles. The van der Waals surface area contributed by atoms with Crippen LogP contribution in [0.3, 0.4) is 0 Å². The number of anilines is 1. The molecule has 1 N–H and O–H groups in total. The van der Waals surface area contributed by atoms with Gasteiger partial charge in [-0.3, -0.25) is 14.9 Å². The number of non-ortho nitro benzene ring substituents is 1. The highest BCUT2D eigenvalue weighted by molar-refractivity contribution is 14.1. The van der Waals surface area contributed by atoms with Crippen molar-refractivity contribution < 1.29 is 9.72 Å². The lowest BCUT2D eigenvalue weighted by Gasteiger charge is -2.07. The molecule has 0 heterocycles. The largest absolute Gasteiger partial charge is 0.321 e. The minimum absolute atomic E-state index is 0.123. The normalized spacial score (nSPS) is 10.1. The molecule has 0 atom stereocenters. The summed E-state index contributed by atoms with van der Waals surface area (Å²) in [5.74, 6) is -0.322. The third kappa shape index (κ3) is 3.45. The number of nitrogens with zero attached hydrogens (tertiary/aromatic N) is 1. The summed E-state index contributed by atoms with van der Waals surface area (Å²) in [6, 6.07) is 10.9. The summed E-state index contributed by atoms with van der Waals surface area (Å²) < 4.78 is 1.02. The first kappa shape index (κ1) is 14.7. The highest BCUT2D eigenvalue weighted by atomic mass is 127. The number of hydrogen-bond acceptors (Lipinski definition) is 3. The van der Waals surface area contributed by atoms with Crippen LogP contribution in [0.5, 0.6) is 0 Å². The second-order valence-corrected chi connectivity index (χ2v) is 5.54. The van der Waals surface area contributed by atoms with Gasteiger partial charge >= 0.3 is 0 Å². The van der Waals surface area contributed by atoms with E-state index >= 15 is 0 Å². The van der Waals surface area contributed by atoms with E-state index in [0.717, 1.165) is 3.57 Å². The number of benzene rings is 2. The van der Waals surface area contributed by atoms with Crippen LogP contribution in [0.2, 0.25) is 5.02 Å². The zero-order valence-electron chi connectivity index (χ0n) is 9.97. The van der Waals surface area contributed by atoms with E-state index in [1.807, 2.05) is 12.1 Å². The topological polar surface area (TPSA) is 72.2 Å². The number of carbonyl (C=O) groups is 1. The van der Waals surface area contributed by atoms with Crippen molar-refractivity contribution in [3.63, 3.8) is 0 Å². The average molecular weight is 403 g/mol. The summed E-state index contributed by atoms with van der Waals surface area (Å²) in [5, 5.41) is 13.3. The minimum atomic E-state index is -0.545. The molecule has 2 aromatic rings. The van der Waals surface area contributed by atoms with Gasteiger partial charge in [-0.05, 0) is 52.9 Å². The Morgan fingerprint density at radius 1 is 1.20 bits per heavy atom. The Labute approximate surface area is 133 Å². The van der Waals surface area contributed by atoms with Crippen molar-refractivity contribution in [1.82, 2.24) is 0 Å². The van der Waals surface area contributed by atoms with Gasteiger partial charge in [0.15, 0.2) is 0 Å². The molecule has 2 rings (SSSR count). The Morgan fingerprint density at radius 3 is 2.40 bits per heavy atom. The molecule has 0 aliphatic carbocycles. The first-order valence-electron chi connectivity index (χ1n) is 5.48. The zero-order valence-corrected chi connectivity index (χ0v) is 12.9. The van der Waals surface area contributed by atoms with Gasteiger partial charge in [0, 0.05) is 21.3 Å². The van der Waals surface area contributed by atoms with Crippen LogP contribution in [-0.4, -0.2) is 10.8 Å². The van der Waals surface area contributed by atoms with E-state index < -0.39 is 4.92 Å². The Morgan fingerprint density at radius 2 is 1.85 bits per heavy atom. The molecule has 102 valence electrons. The van der Waals surface area contributed by atoms with Gasteiger partial charge in [0.1, 0.15) is 0 Å². The fraction of sp³-hybridized carbons (Fsp3) is 0. The zero-order chi connectivity index (χ0) is 14.7. The predicted molar refractivity (Wildman–Crippen MR) is 85.2 cm³/mol. The molecule has 20 heavy (non-hydrogen) atoms. The third-order valence-electron chi connectivity index (χ3n) is 2.52. The van der Waals surface area contributed by atoms with Crippen molar-refractivity contribution in [1.29, 1.82) is 0 Å². The van der Waals surface area contributed by atoms with Crippen molar-refractivity contribution in [2.45, 2.75) is 0 Å². The second kappa shape index (κ2) is 6.19. The lowest BCUT2D eigenvalue weighted by Crippen LogP contribution is -2.12. The first-order valence-corrected chi connectivity index (χ1v) is 6.94. The fourth-order valence-electron chi connectivity index (χ4n) is 1.51. The van der Waals surface area contributed by atoms with Crippen LogP contribution < -0.4 is 5.32 Å². The van der Waals surface area contributed by atoms with E-state index in [9.17, 15) is 14.9 Å². The van der Waals surface area contributed by atoms with Crippen LogP contribution in [0, 0.1) is 13.7 Å². The number of hydrogen-bond donors (Lipinski definition) is 1. The smallest absolute Gasteiger partial charge is 0.271 e. The molecule has 2 aromatic carbocycles. The lowest BCUT2D eigenvalue weighted by molar-refractivity contribution is -0.384. The quantitative estimate of drug-likeness (QED) is 0.477. The molecule has 0 aromatic heterocycles. The van der Waals surface area contributed by atoms with E-state index in [1.165, 1.54) is 18.2 Å². The average Bonchev–Trinajstić information content (AvgIpc) is 2.41. The molecular weight excluding hydrogens is 395 g/mol. The standard InChI is InChI=1S/C13H8ClIN2O3/c14-11-7-10(17(19)20)5-6-12(11)16-13(18)8-1-3-9(15)4-2-8/h1-7H,(H,16,18). The van der Waals surface area contributed by atoms with Gasteiger partial charge in [0.25, 0.3) is 11.6 Å². The molecule has 0 unspecified atom stereocenters. The third-order valence-corrected chi connectivity index (χ3v) is 3.55. The molecule has 0 saturated carbocycles. The number of rotatable bonds is 3. The highest BCUT2D eigenvalue weighted by Crippen LogP contribution is 2.27. The van der Waals surface area contributed by atoms with Crippen molar-refractivity contribution in [3.05, 3.63) is 66.7 Å². The van der Waals surface area contributed by atoms with Crippen molar-refractivity contribution in [2.75, 3.05) is 5.32 Å². The maximum absolute atomic E-state index is 12.0. The Balaban J connectivity index is 2.19. The molecule has 5 nitrogen and oxygen atoms in total. The van der Waals surface area contributed by atoms with E-state index in [4.69, 9.17) is 11.6 Å². The molecule has 7 heteroatoms. The molecule has 0 bridgehead atoms. The summed E-state index contributed by atoms with van der Waals surface area (Å²) in [4.78, 5) is 22.0. The molecular formula is C13H8ClIN2O3. The summed E-state index contributed by atoms with van der Waals surface area (Å²) in [7, 11) is 0. The van der Waals surface area contributed by atoms with Gasteiger partial charge in [-0.25, -0.2) is 0 Å². The predicted octanol–water partition coefficient (Wildman–Crippen LogP) is 4.11. The van der Waals surface area contributed by atoms with Crippen LogP contribution in [-0.2, 0) is 0 Å². The number of halogens is 2. The summed E-state index contributed by atoms with van der Waals surface area (Å²) >= 11 is 8.05. The highest BCUT2D eigenvalue weighted by Gasteiger charge is 2.12. The SMILES string of the molecule is O=C(Nc1ccc([N+](=O)[O-])cc1Cl)c1ccc(I)cc1. The van der Waals surface area contributed by atoms with Crippen LogP contribution in [0.4, 0.5) is 11.4 Å². The second-order valence-electron chi connectivity index (χ2n) is 3.88. The molecule has 0 aliphatic heterocycles. The Kier molecular flexibility index (Phi) is 4.56. The van der Waals surface area contributed by atoms with Gasteiger partial charge < -0.3 is 5.32 Å². The molecule has 0 fully saturated rings.